The highest BCUT2D eigenvalue weighted by molar-refractivity contribution is 6.05. The van der Waals surface area contributed by atoms with E-state index in [2.05, 4.69) is 13.2 Å². The smallest absolute Gasteiger partial charge is 0.313 e. The average molecular weight is 525 g/mol. The third-order valence-corrected chi connectivity index (χ3v) is 8.89. The summed E-state index contributed by atoms with van der Waals surface area (Å²) >= 11 is 0. The van der Waals surface area contributed by atoms with E-state index in [1.165, 1.54) is 11.0 Å². The van der Waals surface area contributed by atoms with E-state index in [0.29, 0.717) is 12.8 Å². The Kier molecular flexibility index (Phi) is 7.60. The molecule has 3 unspecified atom stereocenters. The molecule has 4 rings (SSSR count). The number of aliphatic hydroxyl groups is 1. The van der Waals surface area contributed by atoms with Gasteiger partial charge in [0.05, 0.1) is 24.2 Å². The van der Waals surface area contributed by atoms with Gasteiger partial charge in [-0.2, -0.15) is 0 Å². The molecule has 3 heterocycles. The standard InChI is InChI=1S/C30H40N2O6/c1-8-13-31(22-15-18(4)11-12-19(22)5)27(35)25-30-16-20(6)29(7,38-30)24(28(36)37-14-9-2)23(30)26(34)32(25)21(10-3)17-33/h8-9,11-12,15,20-21,23-25,33H,1-2,10,13-14,16-17H2,3-7H3/t20?,21-,23-,24+,25?,29-,30?/m0/s1. The number of rotatable bonds is 10. The zero-order valence-electron chi connectivity index (χ0n) is 23.1. The quantitative estimate of drug-likeness (QED) is 0.373. The fourth-order valence-electron chi connectivity index (χ4n) is 6.95. The van der Waals surface area contributed by atoms with E-state index in [1.54, 1.807) is 11.0 Å². The highest BCUT2D eigenvalue weighted by atomic mass is 16.6. The Morgan fingerprint density at radius 3 is 2.63 bits per heavy atom. The molecule has 206 valence electrons. The lowest BCUT2D eigenvalue weighted by atomic mass is 9.62. The molecule has 8 heteroatoms. The fraction of sp³-hybridized carbons (Fsp3) is 0.567. The van der Waals surface area contributed by atoms with Crippen LogP contribution in [0.1, 0.15) is 44.7 Å². The molecular weight excluding hydrogens is 484 g/mol. The molecular formula is C30H40N2O6. The van der Waals surface area contributed by atoms with Crippen molar-refractivity contribution in [1.29, 1.82) is 0 Å². The largest absolute Gasteiger partial charge is 0.461 e. The first-order valence-corrected chi connectivity index (χ1v) is 13.4. The van der Waals surface area contributed by atoms with Gasteiger partial charge >= 0.3 is 5.97 Å². The number of hydrogen-bond acceptors (Lipinski definition) is 6. The van der Waals surface area contributed by atoms with E-state index in [9.17, 15) is 19.5 Å². The summed E-state index contributed by atoms with van der Waals surface area (Å²) in [6.45, 7) is 17.0. The molecule has 2 amide bonds. The molecule has 1 spiro atoms. The number of nitrogens with zero attached hydrogens (tertiary/aromatic N) is 2. The van der Waals surface area contributed by atoms with E-state index in [-0.39, 0.29) is 37.5 Å². The van der Waals surface area contributed by atoms with Crippen LogP contribution < -0.4 is 4.90 Å². The maximum atomic E-state index is 14.7. The SMILES string of the molecule is C=CCOC(=O)[C@H]1[C@H]2C(=O)N([C@@H](CC)CO)C(C(=O)N(CC=C)c3cc(C)ccc3C)C23CC(C)[C@]1(C)O3. The van der Waals surface area contributed by atoms with Crippen LogP contribution in [0.5, 0.6) is 0 Å². The summed E-state index contributed by atoms with van der Waals surface area (Å²) < 4.78 is 12.2. The van der Waals surface area contributed by atoms with E-state index >= 15 is 0 Å². The first kappa shape index (κ1) is 28.0. The van der Waals surface area contributed by atoms with Gasteiger partial charge in [0.2, 0.25) is 5.91 Å². The van der Waals surface area contributed by atoms with Gasteiger partial charge in [0, 0.05) is 12.2 Å². The highest BCUT2D eigenvalue weighted by Gasteiger charge is 2.80. The molecule has 38 heavy (non-hydrogen) atoms. The number of aryl methyl sites for hydroxylation is 2. The second-order valence-corrected chi connectivity index (χ2v) is 11.1. The monoisotopic (exact) mass is 524 g/mol. The van der Waals surface area contributed by atoms with Crippen molar-refractivity contribution in [2.24, 2.45) is 17.8 Å². The van der Waals surface area contributed by atoms with Crippen LogP contribution in [0.15, 0.2) is 43.5 Å². The second-order valence-electron chi connectivity index (χ2n) is 11.1. The lowest BCUT2D eigenvalue weighted by molar-refractivity contribution is -0.161. The number of hydrogen-bond donors (Lipinski definition) is 1. The maximum Gasteiger partial charge on any atom is 0.313 e. The van der Waals surface area contributed by atoms with Gasteiger partial charge in [-0.3, -0.25) is 14.4 Å². The van der Waals surface area contributed by atoms with Crippen molar-refractivity contribution in [1.82, 2.24) is 4.90 Å². The van der Waals surface area contributed by atoms with Crippen molar-refractivity contribution >= 4 is 23.5 Å². The van der Waals surface area contributed by atoms with Gasteiger partial charge in [-0.05, 0) is 56.7 Å². The van der Waals surface area contributed by atoms with E-state index in [1.807, 2.05) is 52.8 Å². The van der Waals surface area contributed by atoms with Gasteiger partial charge in [0.15, 0.2) is 0 Å². The first-order valence-electron chi connectivity index (χ1n) is 13.4. The minimum Gasteiger partial charge on any atom is -0.461 e. The Balaban J connectivity index is 1.89. The summed E-state index contributed by atoms with van der Waals surface area (Å²) in [6.07, 6.45) is 4.03. The number of anilines is 1. The summed E-state index contributed by atoms with van der Waals surface area (Å²) in [7, 11) is 0. The lowest BCUT2D eigenvalue weighted by Gasteiger charge is -2.39. The van der Waals surface area contributed by atoms with Crippen LogP contribution in [0.25, 0.3) is 0 Å². The highest BCUT2D eigenvalue weighted by Crippen LogP contribution is 2.65. The zero-order valence-corrected chi connectivity index (χ0v) is 23.1. The molecule has 3 aliphatic rings. The van der Waals surface area contributed by atoms with Crippen molar-refractivity contribution in [2.45, 2.75) is 70.7 Å². The first-order chi connectivity index (χ1) is 18.0. The minimum absolute atomic E-state index is 0.0216. The molecule has 3 aliphatic heterocycles. The van der Waals surface area contributed by atoms with Gasteiger partial charge in [0.1, 0.15) is 24.2 Å². The Labute approximate surface area is 225 Å². The zero-order chi connectivity index (χ0) is 28.0. The normalized spacial score (nSPS) is 32.2. The second kappa shape index (κ2) is 10.3. The topological polar surface area (TPSA) is 96.4 Å². The van der Waals surface area contributed by atoms with Gasteiger partial charge < -0.3 is 24.4 Å². The predicted molar refractivity (Wildman–Crippen MR) is 144 cm³/mol. The number of esters is 1. The molecule has 8 nitrogen and oxygen atoms in total. The number of ether oxygens (including phenoxy) is 2. The fourth-order valence-corrected chi connectivity index (χ4v) is 6.95. The third-order valence-electron chi connectivity index (χ3n) is 8.89. The summed E-state index contributed by atoms with van der Waals surface area (Å²) in [5, 5.41) is 10.3. The van der Waals surface area contributed by atoms with Crippen molar-refractivity contribution in [2.75, 3.05) is 24.7 Å². The summed E-state index contributed by atoms with van der Waals surface area (Å²) in [6, 6.07) is 4.28. The maximum absolute atomic E-state index is 14.7. The van der Waals surface area contributed by atoms with Crippen molar-refractivity contribution in [3.8, 4) is 0 Å². The van der Waals surface area contributed by atoms with E-state index in [0.717, 1.165) is 16.8 Å². The molecule has 1 N–H and O–H groups in total. The predicted octanol–water partition coefficient (Wildman–Crippen LogP) is 3.33. The van der Waals surface area contributed by atoms with Crippen LogP contribution in [-0.2, 0) is 23.9 Å². The van der Waals surface area contributed by atoms with Gasteiger partial charge in [0.25, 0.3) is 5.91 Å². The van der Waals surface area contributed by atoms with Gasteiger partial charge in [-0.25, -0.2) is 0 Å². The molecule has 3 saturated heterocycles. The van der Waals surface area contributed by atoms with Crippen molar-refractivity contribution < 1.29 is 29.0 Å². The number of fused-ring (bicyclic) bond motifs is 1. The number of carbonyl (C=O) groups excluding carboxylic acids is 3. The van der Waals surface area contributed by atoms with Gasteiger partial charge in [-0.1, -0.05) is 44.7 Å². The Morgan fingerprint density at radius 2 is 2.03 bits per heavy atom. The molecule has 1 aromatic rings. The Hall–Kier alpha value is -2.97. The number of carbonyl (C=O) groups is 3. The van der Waals surface area contributed by atoms with Crippen LogP contribution >= 0.6 is 0 Å². The van der Waals surface area contributed by atoms with Crippen molar-refractivity contribution in [3.63, 3.8) is 0 Å². The van der Waals surface area contributed by atoms with E-state index < -0.39 is 41.1 Å². The van der Waals surface area contributed by atoms with Crippen LogP contribution in [0.3, 0.4) is 0 Å². The van der Waals surface area contributed by atoms with Crippen molar-refractivity contribution in [3.05, 3.63) is 54.6 Å². The number of aliphatic hydroxyl groups excluding tert-OH is 1. The molecule has 0 saturated carbocycles. The van der Waals surface area contributed by atoms with Crippen LogP contribution in [0.4, 0.5) is 5.69 Å². The molecule has 2 bridgehead atoms. The molecule has 1 aromatic carbocycles. The average Bonchev–Trinajstić information content (AvgIpc) is 3.40. The Morgan fingerprint density at radius 1 is 1.32 bits per heavy atom. The lowest BCUT2D eigenvalue weighted by Crippen LogP contribution is -2.59. The number of amides is 2. The summed E-state index contributed by atoms with van der Waals surface area (Å²) in [5.74, 6) is -3.05. The number of benzene rings is 1. The van der Waals surface area contributed by atoms with E-state index in [4.69, 9.17) is 9.47 Å². The van der Waals surface area contributed by atoms with Gasteiger partial charge in [-0.15, -0.1) is 6.58 Å². The molecule has 7 atom stereocenters. The molecule has 0 aliphatic carbocycles. The third kappa shape index (κ3) is 4.00. The summed E-state index contributed by atoms with van der Waals surface area (Å²) in [4.78, 5) is 45.4. The molecule has 0 aromatic heterocycles. The molecule has 3 fully saturated rings. The van der Waals surface area contributed by atoms with Crippen LogP contribution in [0, 0.1) is 31.6 Å². The Bertz CT molecular complexity index is 1150. The number of likely N-dealkylation sites (tertiary alicyclic amines) is 1. The molecule has 0 radical (unpaired) electrons. The summed E-state index contributed by atoms with van der Waals surface area (Å²) in [5.41, 5.74) is 0.446. The van der Waals surface area contributed by atoms with Crippen LogP contribution in [0.2, 0.25) is 0 Å². The minimum atomic E-state index is -1.22. The van der Waals surface area contributed by atoms with Crippen LogP contribution in [-0.4, -0.2) is 70.8 Å².